The summed E-state index contributed by atoms with van der Waals surface area (Å²) in [5.74, 6) is 0. The van der Waals surface area contributed by atoms with E-state index in [1.807, 2.05) is 19.4 Å². The molecule has 0 aromatic carbocycles. The molecule has 1 aromatic rings. The Morgan fingerprint density at radius 2 is 2.19 bits per heavy atom. The van der Waals surface area contributed by atoms with Crippen LogP contribution in [0.15, 0.2) is 18.5 Å². The summed E-state index contributed by atoms with van der Waals surface area (Å²) in [5, 5.41) is 3.10. The smallest absolute Gasteiger partial charge is 0.0637 e. The molecular weight excluding hydrogens is 202 g/mol. The van der Waals surface area contributed by atoms with Gasteiger partial charge in [-0.1, -0.05) is 0 Å². The van der Waals surface area contributed by atoms with Crippen LogP contribution in [0.5, 0.6) is 0 Å². The van der Waals surface area contributed by atoms with Crippen LogP contribution in [0.25, 0.3) is 0 Å². The molecule has 0 bridgehead atoms. The van der Waals surface area contributed by atoms with Crippen molar-refractivity contribution in [2.24, 2.45) is 0 Å². The average Bonchev–Trinajstić information content (AvgIpc) is 2.29. The highest BCUT2D eigenvalue weighted by molar-refractivity contribution is 5.55. The van der Waals surface area contributed by atoms with Gasteiger partial charge < -0.3 is 15.0 Å². The van der Waals surface area contributed by atoms with Gasteiger partial charge in [0.05, 0.1) is 30.4 Å². The van der Waals surface area contributed by atoms with Gasteiger partial charge in [0.15, 0.2) is 0 Å². The normalized spacial score (nSPS) is 10.6. The second-order valence-corrected chi connectivity index (χ2v) is 3.96. The number of aromatic nitrogens is 1. The highest BCUT2D eigenvalue weighted by atomic mass is 16.5. The van der Waals surface area contributed by atoms with Gasteiger partial charge in [-0.2, -0.15) is 0 Å². The Morgan fingerprint density at radius 3 is 2.75 bits per heavy atom. The molecule has 1 rings (SSSR count). The first kappa shape index (κ1) is 12.8. The van der Waals surface area contributed by atoms with Crippen LogP contribution in [0.2, 0.25) is 0 Å². The van der Waals surface area contributed by atoms with Crippen LogP contribution in [0, 0.1) is 0 Å². The van der Waals surface area contributed by atoms with Crippen molar-refractivity contribution >= 4 is 11.4 Å². The molecule has 1 heterocycles. The fraction of sp³-hybridized carbons (Fsp3) is 0.583. The molecule has 0 saturated heterocycles. The van der Waals surface area contributed by atoms with Gasteiger partial charge in [0.2, 0.25) is 0 Å². The van der Waals surface area contributed by atoms with Crippen LogP contribution in [-0.4, -0.2) is 38.3 Å². The van der Waals surface area contributed by atoms with Crippen molar-refractivity contribution in [2.45, 2.75) is 19.9 Å². The van der Waals surface area contributed by atoms with Gasteiger partial charge in [-0.25, -0.2) is 0 Å². The fourth-order valence-corrected chi connectivity index (χ4v) is 1.60. The number of hydrogen-bond acceptors (Lipinski definition) is 4. The van der Waals surface area contributed by atoms with Crippen molar-refractivity contribution in [1.82, 2.24) is 4.98 Å². The molecule has 0 saturated carbocycles. The topological polar surface area (TPSA) is 37.4 Å². The van der Waals surface area contributed by atoms with E-state index in [0.29, 0.717) is 6.04 Å². The molecule has 1 aromatic heterocycles. The number of methoxy groups -OCH3 is 1. The van der Waals surface area contributed by atoms with Gasteiger partial charge >= 0.3 is 0 Å². The second kappa shape index (κ2) is 6.33. The molecule has 0 aliphatic heterocycles. The van der Waals surface area contributed by atoms with Gasteiger partial charge in [-0.05, 0) is 19.9 Å². The molecular formula is C12H21N3O. The van der Waals surface area contributed by atoms with E-state index in [1.165, 1.54) is 0 Å². The third-order valence-electron chi connectivity index (χ3n) is 2.50. The molecule has 0 aliphatic carbocycles. The van der Waals surface area contributed by atoms with E-state index in [-0.39, 0.29) is 0 Å². The number of anilines is 2. The quantitative estimate of drug-likeness (QED) is 0.800. The number of pyridine rings is 1. The Balaban J connectivity index is 2.82. The second-order valence-electron chi connectivity index (χ2n) is 3.96. The van der Waals surface area contributed by atoms with E-state index < -0.39 is 0 Å². The first-order valence-electron chi connectivity index (χ1n) is 5.57. The minimum absolute atomic E-state index is 0.434. The minimum Gasteiger partial charge on any atom is -0.387 e. The summed E-state index contributed by atoms with van der Waals surface area (Å²) in [6, 6.07) is 2.53. The van der Waals surface area contributed by atoms with Crippen molar-refractivity contribution < 1.29 is 4.74 Å². The minimum atomic E-state index is 0.434. The molecule has 90 valence electrons. The molecule has 4 heteroatoms. The summed E-state index contributed by atoms with van der Waals surface area (Å²) >= 11 is 0. The monoisotopic (exact) mass is 223 g/mol. The largest absolute Gasteiger partial charge is 0.387 e. The van der Waals surface area contributed by atoms with Crippen LogP contribution in [0.3, 0.4) is 0 Å². The van der Waals surface area contributed by atoms with Gasteiger partial charge in [0, 0.05) is 26.7 Å². The highest BCUT2D eigenvalue weighted by Crippen LogP contribution is 2.19. The average molecular weight is 223 g/mol. The Hall–Kier alpha value is -1.29. The highest BCUT2D eigenvalue weighted by Gasteiger charge is 2.10. The number of nitrogens with zero attached hydrogens (tertiary/aromatic N) is 2. The lowest BCUT2D eigenvalue weighted by molar-refractivity contribution is 0.204. The van der Waals surface area contributed by atoms with Crippen molar-refractivity contribution in [3.63, 3.8) is 0 Å². The lowest BCUT2D eigenvalue weighted by Gasteiger charge is -2.28. The maximum atomic E-state index is 5.12. The molecule has 0 atom stereocenters. The van der Waals surface area contributed by atoms with Crippen molar-refractivity contribution in [3.8, 4) is 0 Å². The molecule has 0 amide bonds. The Kier molecular flexibility index (Phi) is 5.05. The standard InChI is InChI=1S/C12H21N3O/c1-10(2)15(5-6-16-4)12-7-11(13-3)8-14-9-12/h7-10,13H,5-6H2,1-4H3. The first-order valence-corrected chi connectivity index (χ1v) is 5.57. The van der Waals surface area contributed by atoms with E-state index in [4.69, 9.17) is 4.74 Å². The van der Waals surface area contributed by atoms with E-state index in [1.54, 1.807) is 7.11 Å². The first-order chi connectivity index (χ1) is 7.69. The van der Waals surface area contributed by atoms with Crippen molar-refractivity contribution in [1.29, 1.82) is 0 Å². The molecule has 0 fully saturated rings. The van der Waals surface area contributed by atoms with Gasteiger partial charge in [-0.3, -0.25) is 4.98 Å². The third-order valence-corrected chi connectivity index (χ3v) is 2.50. The van der Waals surface area contributed by atoms with E-state index in [0.717, 1.165) is 24.5 Å². The number of hydrogen-bond donors (Lipinski definition) is 1. The molecule has 1 N–H and O–H groups in total. The van der Waals surface area contributed by atoms with Crippen LogP contribution in [-0.2, 0) is 4.74 Å². The SMILES string of the molecule is CNc1cncc(N(CCOC)C(C)C)c1. The predicted octanol–water partition coefficient (Wildman–Crippen LogP) is 1.98. The lowest BCUT2D eigenvalue weighted by atomic mass is 10.2. The zero-order valence-corrected chi connectivity index (χ0v) is 10.5. The molecule has 4 nitrogen and oxygen atoms in total. The summed E-state index contributed by atoms with van der Waals surface area (Å²) < 4.78 is 5.12. The zero-order valence-electron chi connectivity index (χ0n) is 10.5. The maximum Gasteiger partial charge on any atom is 0.0637 e. The molecule has 0 aliphatic rings. The molecule has 0 unspecified atom stereocenters. The van der Waals surface area contributed by atoms with Crippen LogP contribution < -0.4 is 10.2 Å². The van der Waals surface area contributed by atoms with Gasteiger partial charge in [0.25, 0.3) is 0 Å². The summed E-state index contributed by atoms with van der Waals surface area (Å²) in [5.41, 5.74) is 2.15. The van der Waals surface area contributed by atoms with Gasteiger partial charge in [0.1, 0.15) is 0 Å². The Morgan fingerprint density at radius 1 is 1.44 bits per heavy atom. The Labute approximate surface area is 97.6 Å². The summed E-state index contributed by atoms with van der Waals surface area (Å²) in [6.45, 7) is 5.94. The third kappa shape index (κ3) is 3.38. The fourth-order valence-electron chi connectivity index (χ4n) is 1.60. The molecule has 0 radical (unpaired) electrons. The predicted molar refractivity (Wildman–Crippen MR) is 68.1 cm³/mol. The molecule has 0 spiro atoms. The van der Waals surface area contributed by atoms with Gasteiger partial charge in [-0.15, -0.1) is 0 Å². The lowest BCUT2D eigenvalue weighted by Crippen LogP contribution is -2.33. The summed E-state index contributed by atoms with van der Waals surface area (Å²) in [6.07, 6.45) is 3.70. The summed E-state index contributed by atoms with van der Waals surface area (Å²) in [7, 11) is 3.62. The van der Waals surface area contributed by atoms with Crippen LogP contribution >= 0.6 is 0 Å². The number of rotatable bonds is 6. The van der Waals surface area contributed by atoms with E-state index in [9.17, 15) is 0 Å². The van der Waals surface area contributed by atoms with Crippen LogP contribution in [0.4, 0.5) is 11.4 Å². The van der Waals surface area contributed by atoms with E-state index in [2.05, 4.69) is 35.1 Å². The van der Waals surface area contributed by atoms with Crippen molar-refractivity contribution in [2.75, 3.05) is 37.5 Å². The Bertz CT molecular complexity index is 315. The number of nitrogens with one attached hydrogen (secondary N) is 1. The zero-order chi connectivity index (χ0) is 12.0. The van der Waals surface area contributed by atoms with Crippen molar-refractivity contribution in [3.05, 3.63) is 18.5 Å². The van der Waals surface area contributed by atoms with E-state index >= 15 is 0 Å². The van der Waals surface area contributed by atoms with Crippen LogP contribution in [0.1, 0.15) is 13.8 Å². The molecule has 16 heavy (non-hydrogen) atoms. The summed E-state index contributed by atoms with van der Waals surface area (Å²) in [4.78, 5) is 6.50. The number of ether oxygens (including phenoxy) is 1. The maximum absolute atomic E-state index is 5.12.